The van der Waals surface area contributed by atoms with Crippen LogP contribution >= 0.6 is 0 Å². The molecule has 0 unspecified atom stereocenters. The Morgan fingerprint density at radius 3 is 1.94 bits per heavy atom. The van der Waals surface area contributed by atoms with Gasteiger partial charge in [0.15, 0.2) is 17.7 Å². The molecule has 2 aromatic rings. The Morgan fingerprint density at radius 2 is 1.38 bits per heavy atom. The molecular formula is C33H55N11O4. The Balaban J connectivity index is 2.16. The number of aromatic amines is 1. The molecule has 0 aliphatic carbocycles. The first-order valence-electron chi connectivity index (χ1n) is 16.2. The third kappa shape index (κ3) is 14.0. The van der Waals surface area contributed by atoms with E-state index in [-0.39, 0.29) is 37.1 Å². The summed E-state index contributed by atoms with van der Waals surface area (Å²) in [5.41, 5.74) is 22.4. The highest BCUT2D eigenvalue weighted by molar-refractivity contribution is 5.95. The van der Waals surface area contributed by atoms with Crippen LogP contribution in [-0.2, 0) is 25.6 Å². The maximum atomic E-state index is 13.5. The fraction of sp³-hybridized carbons (Fsp3) is 0.576. The molecule has 3 atom stereocenters. The number of aliphatic imine (C=N–C) groups is 2. The molecule has 0 radical (unpaired) electrons. The molecule has 15 heteroatoms. The summed E-state index contributed by atoms with van der Waals surface area (Å²) < 4.78 is 0. The monoisotopic (exact) mass is 669 g/mol. The van der Waals surface area contributed by atoms with E-state index < -0.39 is 53.3 Å². The zero-order valence-corrected chi connectivity index (χ0v) is 29.1. The predicted octanol–water partition coefficient (Wildman–Crippen LogP) is 0.275. The Morgan fingerprint density at radius 1 is 0.792 bits per heavy atom. The van der Waals surface area contributed by atoms with E-state index in [1.165, 1.54) is 0 Å². The summed E-state index contributed by atoms with van der Waals surface area (Å²) >= 11 is 0. The number of H-pyrrole nitrogens is 1. The van der Waals surface area contributed by atoms with Gasteiger partial charge in [-0.15, -0.1) is 0 Å². The molecule has 0 saturated carbocycles. The van der Waals surface area contributed by atoms with Gasteiger partial charge in [0.1, 0.15) is 6.04 Å². The number of rotatable bonds is 18. The third-order valence-electron chi connectivity index (χ3n) is 7.36. The summed E-state index contributed by atoms with van der Waals surface area (Å²) in [6, 6.07) is 5.26. The van der Waals surface area contributed by atoms with Gasteiger partial charge in [0.05, 0.1) is 18.6 Å². The first-order chi connectivity index (χ1) is 22.4. The second-order valence-corrected chi connectivity index (χ2v) is 13.9. The van der Waals surface area contributed by atoms with Crippen molar-refractivity contribution in [1.29, 1.82) is 0 Å². The van der Waals surface area contributed by atoms with E-state index in [1.807, 2.05) is 51.2 Å². The first-order valence-corrected chi connectivity index (χ1v) is 16.2. The molecule has 0 spiro atoms. The van der Waals surface area contributed by atoms with E-state index in [9.17, 15) is 19.2 Å². The normalized spacial score (nSPS) is 13.5. The molecule has 0 fully saturated rings. The number of amides is 3. The summed E-state index contributed by atoms with van der Waals surface area (Å²) in [6.45, 7) is 11.4. The van der Waals surface area contributed by atoms with Crippen LogP contribution in [-0.4, -0.2) is 83.7 Å². The smallest absolute Gasteiger partial charge is 0.243 e. The number of benzene rings is 1. The van der Waals surface area contributed by atoms with Gasteiger partial charge in [0.2, 0.25) is 17.7 Å². The fourth-order valence-electron chi connectivity index (χ4n) is 5.13. The van der Waals surface area contributed by atoms with Crippen LogP contribution in [0.4, 0.5) is 0 Å². The van der Waals surface area contributed by atoms with Crippen LogP contribution in [0.2, 0.25) is 0 Å². The number of aromatic nitrogens is 1. The number of nitrogens with one attached hydrogen (secondary N) is 5. The molecule has 1 aromatic heterocycles. The number of para-hydroxylation sites is 1. The van der Waals surface area contributed by atoms with Crippen molar-refractivity contribution in [3.05, 3.63) is 36.0 Å². The van der Waals surface area contributed by atoms with Gasteiger partial charge in [0, 0.05) is 47.6 Å². The van der Waals surface area contributed by atoms with Crippen molar-refractivity contribution >= 4 is 46.3 Å². The SMILES string of the molecule is CC(C)(C)N[C@@H](CCCN=C(N)N)C(=O)N[C@@H](CCCN=C(N)N)C(=O)NCC(=O)N[C@@H](Cc1c[nH]c2ccccc12)C(=O)C(C)(C)C. The number of carbonyl (C=O) groups excluding carboxylic acids is 4. The third-order valence-corrected chi connectivity index (χ3v) is 7.36. The number of nitrogens with two attached hydrogens (primary N) is 4. The van der Waals surface area contributed by atoms with Crippen LogP contribution in [0.25, 0.3) is 10.9 Å². The molecule has 266 valence electrons. The Labute approximate surface area is 282 Å². The van der Waals surface area contributed by atoms with E-state index in [0.29, 0.717) is 25.8 Å². The van der Waals surface area contributed by atoms with Gasteiger partial charge in [-0.1, -0.05) is 39.0 Å². The minimum Gasteiger partial charge on any atom is -0.370 e. The van der Waals surface area contributed by atoms with E-state index in [4.69, 9.17) is 22.9 Å². The van der Waals surface area contributed by atoms with Crippen molar-refractivity contribution in [2.45, 2.75) is 97.3 Å². The molecule has 48 heavy (non-hydrogen) atoms. The molecule has 0 aliphatic rings. The van der Waals surface area contributed by atoms with Gasteiger partial charge in [0.25, 0.3) is 0 Å². The number of Topliss-reactive ketones (excluding diaryl/α,β-unsaturated/α-hetero) is 1. The molecule has 1 aromatic carbocycles. The highest BCUT2D eigenvalue weighted by Gasteiger charge is 2.32. The minimum atomic E-state index is -0.986. The first kappa shape index (κ1) is 39.5. The van der Waals surface area contributed by atoms with E-state index in [0.717, 1.165) is 16.5 Å². The second-order valence-electron chi connectivity index (χ2n) is 13.9. The van der Waals surface area contributed by atoms with Gasteiger partial charge >= 0.3 is 0 Å². The highest BCUT2D eigenvalue weighted by atomic mass is 16.2. The molecular weight excluding hydrogens is 614 g/mol. The second kappa shape index (κ2) is 18.0. The summed E-state index contributed by atoms with van der Waals surface area (Å²) in [5.74, 6) is -1.76. The van der Waals surface area contributed by atoms with Crippen molar-refractivity contribution in [1.82, 2.24) is 26.3 Å². The van der Waals surface area contributed by atoms with Gasteiger partial charge in [-0.3, -0.25) is 29.2 Å². The molecule has 15 nitrogen and oxygen atoms in total. The highest BCUT2D eigenvalue weighted by Crippen LogP contribution is 2.23. The lowest BCUT2D eigenvalue weighted by atomic mass is 9.84. The fourth-order valence-corrected chi connectivity index (χ4v) is 5.13. The predicted molar refractivity (Wildman–Crippen MR) is 190 cm³/mol. The van der Waals surface area contributed by atoms with E-state index >= 15 is 0 Å². The van der Waals surface area contributed by atoms with Gasteiger partial charge in [-0.2, -0.15) is 0 Å². The molecule has 1 heterocycles. The van der Waals surface area contributed by atoms with Crippen LogP contribution in [0.1, 0.15) is 72.8 Å². The summed E-state index contributed by atoms with van der Waals surface area (Å²) in [5, 5.41) is 12.5. The lowest BCUT2D eigenvalue weighted by molar-refractivity contribution is -0.133. The summed E-state index contributed by atoms with van der Waals surface area (Å²) in [6.07, 6.45) is 3.63. The Kier molecular flexibility index (Phi) is 14.8. The maximum absolute atomic E-state index is 13.5. The molecule has 0 saturated heterocycles. The largest absolute Gasteiger partial charge is 0.370 e. The lowest BCUT2D eigenvalue weighted by Crippen LogP contribution is -2.57. The number of nitrogens with zero attached hydrogens (tertiary/aromatic N) is 2. The summed E-state index contributed by atoms with van der Waals surface area (Å²) in [4.78, 5) is 64.6. The van der Waals surface area contributed by atoms with Crippen molar-refractivity contribution in [3.8, 4) is 0 Å². The van der Waals surface area contributed by atoms with Crippen molar-refractivity contribution < 1.29 is 19.2 Å². The van der Waals surface area contributed by atoms with Gasteiger partial charge in [-0.25, -0.2) is 0 Å². The lowest BCUT2D eigenvalue weighted by Gasteiger charge is -2.29. The average molecular weight is 670 g/mol. The van der Waals surface area contributed by atoms with Crippen molar-refractivity contribution in [3.63, 3.8) is 0 Å². The van der Waals surface area contributed by atoms with Crippen LogP contribution < -0.4 is 44.2 Å². The molecule has 0 bridgehead atoms. The number of ketones is 1. The zero-order valence-electron chi connectivity index (χ0n) is 29.1. The minimum absolute atomic E-state index is 0.0339. The molecule has 2 rings (SSSR count). The maximum Gasteiger partial charge on any atom is 0.243 e. The van der Waals surface area contributed by atoms with Crippen LogP contribution in [0.3, 0.4) is 0 Å². The number of guanidine groups is 2. The average Bonchev–Trinajstić information content (AvgIpc) is 3.39. The Bertz CT molecular complexity index is 1450. The van der Waals surface area contributed by atoms with Crippen molar-refractivity contribution in [2.75, 3.05) is 19.6 Å². The molecule has 3 amide bonds. The Hall–Kier alpha value is -4.66. The standard InChI is InChI=1S/C33H55N11O4/c1-32(2,3)27(46)25(17-20-18-40-22-12-8-7-11-21(20)22)42-26(45)19-41-28(47)23(13-9-15-38-30(34)35)43-29(48)24(44-33(4,5)6)14-10-16-39-31(36)37/h7-8,11-12,18,23-25,40,44H,9-10,13-17,19H2,1-6H3,(H,41,47)(H,42,45)(H,43,48)(H4,34,35,38)(H4,36,37,39)/t23-,24-,25-/m0/s1. The van der Waals surface area contributed by atoms with Crippen LogP contribution in [0, 0.1) is 5.41 Å². The van der Waals surface area contributed by atoms with E-state index in [1.54, 1.807) is 20.8 Å². The van der Waals surface area contributed by atoms with E-state index in [2.05, 4.69) is 36.2 Å². The van der Waals surface area contributed by atoms with Crippen molar-refractivity contribution in [2.24, 2.45) is 38.3 Å². The summed E-state index contributed by atoms with van der Waals surface area (Å²) in [7, 11) is 0. The number of hydrogen-bond donors (Lipinski definition) is 9. The quantitative estimate of drug-likeness (QED) is 0.0599. The van der Waals surface area contributed by atoms with Gasteiger partial charge in [-0.05, 0) is 58.1 Å². The van der Waals surface area contributed by atoms with Crippen LogP contribution in [0.5, 0.6) is 0 Å². The topological polar surface area (TPSA) is 261 Å². The molecule has 0 aliphatic heterocycles. The zero-order chi connectivity index (χ0) is 36.1. The van der Waals surface area contributed by atoms with Crippen LogP contribution in [0.15, 0.2) is 40.4 Å². The van der Waals surface area contributed by atoms with Gasteiger partial charge < -0.3 is 49.2 Å². The number of fused-ring (bicyclic) bond motifs is 1. The number of carbonyl (C=O) groups is 4. The number of hydrogen-bond acceptors (Lipinski definition) is 7. The molecule has 13 N–H and O–H groups in total.